The van der Waals surface area contributed by atoms with E-state index in [-0.39, 0.29) is 22.9 Å². The van der Waals surface area contributed by atoms with Gasteiger partial charge in [0.15, 0.2) is 0 Å². The van der Waals surface area contributed by atoms with Crippen LogP contribution in [0.5, 0.6) is 0 Å². The van der Waals surface area contributed by atoms with Crippen molar-refractivity contribution >= 4 is 15.9 Å². The van der Waals surface area contributed by atoms with Crippen LogP contribution in [0.2, 0.25) is 0 Å². The van der Waals surface area contributed by atoms with Crippen molar-refractivity contribution in [2.75, 3.05) is 13.1 Å². The second kappa shape index (κ2) is 5.79. The SMILES string of the molecule is CC1C(=O)NCCCN1S(=O)(=O)c1ccc(C#N)c(F)c1. The molecular formula is C13H14FN3O3S. The number of nitriles is 1. The Morgan fingerprint density at radius 1 is 1.48 bits per heavy atom. The smallest absolute Gasteiger partial charge is 0.243 e. The molecule has 0 radical (unpaired) electrons. The zero-order valence-corrected chi connectivity index (χ0v) is 12.2. The van der Waals surface area contributed by atoms with Crippen molar-refractivity contribution in [3.63, 3.8) is 0 Å². The fourth-order valence-electron chi connectivity index (χ4n) is 2.13. The molecule has 1 aromatic carbocycles. The van der Waals surface area contributed by atoms with Gasteiger partial charge >= 0.3 is 0 Å². The van der Waals surface area contributed by atoms with E-state index in [9.17, 15) is 17.6 Å². The predicted octanol–water partition coefficient (Wildman–Crippen LogP) is 0.596. The Balaban J connectivity index is 2.43. The van der Waals surface area contributed by atoms with Crippen molar-refractivity contribution in [1.29, 1.82) is 5.26 Å². The first-order valence-electron chi connectivity index (χ1n) is 6.37. The summed E-state index contributed by atoms with van der Waals surface area (Å²) in [5, 5.41) is 11.3. The summed E-state index contributed by atoms with van der Waals surface area (Å²) < 4.78 is 39.8. The van der Waals surface area contributed by atoms with Gasteiger partial charge in [0.05, 0.1) is 10.5 Å². The number of amides is 1. The Morgan fingerprint density at radius 2 is 2.19 bits per heavy atom. The predicted molar refractivity (Wildman–Crippen MR) is 72.1 cm³/mol. The monoisotopic (exact) mass is 311 g/mol. The van der Waals surface area contributed by atoms with Gasteiger partial charge in [-0.2, -0.15) is 9.57 Å². The average Bonchev–Trinajstić information content (AvgIpc) is 2.61. The fraction of sp³-hybridized carbons (Fsp3) is 0.385. The summed E-state index contributed by atoms with van der Waals surface area (Å²) in [7, 11) is -3.99. The summed E-state index contributed by atoms with van der Waals surface area (Å²) in [4.78, 5) is 11.5. The molecule has 1 fully saturated rings. The van der Waals surface area contributed by atoms with Crippen LogP contribution in [-0.4, -0.2) is 37.8 Å². The fourth-order valence-corrected chi connectivity index (χ4v) is 3.77. The second-order valence-electron chi connectivity index (χ2n) is 4.69. The van der Waals surface area contributed by atoms with Crippen LogP contribution in [0.25, 0.3) is 0 Å². The van der Waals surface area contributed by atoms with E-state index in [1.54, 1.807) is 6.07 Å². The number of nitrogens with one attached hydrogen (secondary N) is 1. The number of sulfonamides is 1. The van der Waals surface area contributed by atoms with Gasteiger partial charge in [-0.05, 0) is 31.5 Å². The van der Waals surface area contributed by atoms with Crippen molar-refractivity contribution in [1.82, 2.24) is 9.62 Å². The molecule has 0 bridgehead atoms. The molecule has 1 saturated heterocycles. The number of carbonyl (C=O) groups is 1. The zero-order chi connectivity index (χ0) is 15.6. The van der Waals surface area contributed by atoms with Crippen molar-refractivity contribution in [2.45, 2.75) is 24.3 Å². The highest BCUT2D eigenvalue weighted by Crippen LogP contribution is 2.22. The Labute approximate surface area is 122 Å². The maximum atomic E-state index is 13.6. The van der Waals surface area contributed by atoms with E-state index in [0.717, 1.165) is 16.4 Å². The van der Waals surface area contributed by atoms with E-state index in [2.05, 4.69) is 5.32 Å². The van der Waals surface area contributed by atoms with Crippen LogP contribution in [0.15, 0.2) is 23.1 Å². The molecule has 1 aromatic rings. The third-order valence-electron chi connectivity index (χ3n) is 3.33. The van der Waals surface area contributed by atoms with E-state index in [0.29, 0.717) is 13.0 Å². The number of benzene rings is 1. The highest BCUT2D eigenvalue weighted by atomic mass is 32.2. The molecule has 1 heterocycles. The van der Waals surface area contributed by atoms with Crippen LogP contribution in [0.4, 0.5) is 4.39 Å². The van der Waals surface area contributed by atoms with Crippen LogP contribution >= 0.6 is 0 Å². The van der Waals surface area contributed by atoms with Gasteiger partial charge in [-0.25, -0.2) is 12.8 Å². The third kappa shape index (κ3) is 2.89. The van der Waals surface area contributed by atoms with E-state index in [1.165, 1.54) is 13.0 Å². The molecule has 1 atom stereocenters. The van der Waals surface area contributed by atoms with E-state index < -0.39 is 21.9 Å². The maximum Gasteiger partial charge on any atom is 0.243 e. The third-order valence-corrected chi connectivity index (χ3v) is 5.30. The first kappa shape index (κ1) is 15.4. The highest BCUT2D eigenvalue weighted by Gasteiger charge is 2.34. The summed E-state index contributed by atoms with van der Waals surface area (Å²) >= 11 is 0. The summed E-state index contributed by atoms with van der Waals surface area (Å²) in [5.41, 5.74) is -0.226. The number of nitrogens with zero attached hydrogens (tertiary/aromatic N) is 2. The van der Waals surface area contributed by atoms with E-state index >= 15 is 0 Å². The molecule has 1 unspecified atom stereocenters. The van der Waals surface area contributed by atoms with Gasteiger partial charge in [-0.1, -0.05) is 0 Å². The van der Waals surface area contributed by atoms with Crippen LogP contribution < -0.4 is 5.32 Å². The lowest BCUT2D eigenvalue weighted by Gasteiger charge is -2.24. The van der Waals surface area contributed by atoms with Crippen LogP contribution in [0.3, 0.4) is 0 Å². The second-order valence-corrected chi connectivity index (χ2v) is 6.58. The number of halogens is 1. The molecule has 0 spiro atoms. The van der Waals surface area contributed by atoms with Gasteiger partial charge in [-0.3, -0.25) is 4.79 Å². The first-order valence-corrected chi connectivity index (χ1v) is 7.81. The number of hydrogen-bond donors (Lipinski definition) is 1. The normalized spacial score (nSPS) is 20.4. The molecule has 1 aliphatic heterocycles. The largest absolute Gasteiger partial charge is 0.355 e. The van der Waals surface area contributed by atoms with Crippen LogP contribution in [-0.2, 0) is 14.8 Å². The molecule has 2 rings (SSSR count). The summed E-state index contributed by atoms with van der Waals surface area (Å²) in [6.45, 7) is 2.05. The number of hydrogen-bond acceptors (Lipinski definition) is 4. The molecule has 1 N–H and O–H groups in total. The summed E-state index contributed by atoms with van der Waals surface area (Å²) in [6.07, 6.45) is 0.480. The van der Waals surface area contributed by atoms with Crippen molar-refractivity contribution in [3.05, 3.63) is 29.6 Å². The lowest BCUT2D eigenvalue weighted by atomic mass is 10.2. The highest BCUT2D eigenvalue weighted by molar-refractivity contribution is 7.89. The molecular weight excluding hydrogens is 297 g/mol. The number of rotatable bonds is 2. The van der Waals surface area contributed by atoms with Gasteiger partial charge < -0.3 is 5.32 Å². The van der Waals surface area contributed by atoms with Crippen molar-refractivity contribution in [3.8, 4) is 6.07 Å². The van der Waals surface area contributed by atoms with Gasteiger partial charge in [0.1, 0.15) is 17.9 Å². The minimum atomic E-state index is -3.99. The topological polar surface area (TPSA) is 90.3 Å². The zero-order valence-electron chi connectivity index (χ0n) is 11.3. The molecule has 0 aromatic heterocycles. The Kier molecular flexibility index (Phi) is 4.25. The molecule has 1 amide bonds. The van der Waals surface area contributed by atoms with Gasteiger partial charge in [0.2, 0.25) is 15.9 Å². The average molecular weight is 311 g/mol. The maximum absolute atomic E-state index is 13.6. The van der Waals surface area contributed by atoms with E-state index in [4.69, 9.17) is 5.26 Å². The van der Waals surface area contributed by atoms with Gasteiger partial charge in [-0.15, -0.1) is 0 Å². The Morgan fingerprint density at radius 3 is 2.81 bits per heavy atom. The van der Waals surface area contributed by atoms with Crippen LogP contribution in [0, 0.1) is 17.1 Å². The summed E-state index contributed by atoms with van der Waals surface area (Å²) in [5.74, 6) is -1.28. The minimum absolute atomic E-state index is 0.170. The quantitative estimate of drug-likeness (QED) is 0.866. The standard InChI is InChI=1S/C13H14FN3O3S/c1-9-13(18)16-5-2-6-17(9)21(19,20)11-4-3-10(8-15)12(14)7-11/h3-4,7,9H,2,5-6H2,1H3,(H,16,18). The minimum Gasteiger partial charge on any atom is -0.355 e. The first-order chi connectivity index (χ1) is 9.87. The molecule has 8 heteroatoms. The van der Waals surface area contributed by atoms with Crippen molar-refractivity contribution < 1.29 is 17.6 Å². The molecule has 21 heavy (non-hydrogen) atoms. The lowest BCUT2D eigenvalue weighted by Crippen LogP contribution is -2.45. The van der Waals surface area contributed by atoms with Crippen LogP contribution in [0.1, 0.15) is 18.9 Å². The van der Waals surface area contributed by atoms with Crippen molar-refractivity contribution in [2.24, 2.45) is 0 Å². The Bertz CT molecular complexity index is 712. The molecule has 112 valence electrons. The van der Waals surface area contributed by atoms with E-state index in [1.807, 2.05) is 0 Å². The van der Waals surface area contributed by atoms with Gasteiger partial charge in [0, 0.05) is 13.1 Å². The molecule has 0 saturated carbocycles. The molecule has 1 aliphatic rings. The number of carbonyl (C=O) groups excluding carboxylic acids is 1. The molecule has 0 aliphatic carbocycles. The molecule has 6 nitrogen and oxygen atoms in total. The van der Waals surface area contributed by atoms with Gasteiger partial charge in [0.25, 0.3) is 0 Å². The Hall–Kier alpha value is -1.98. The summed E-state index contributed by atoms with van der Waals surface area (Å²) in [6, 6.07) is 3.86. The lowest BCUT2D eigenvalue weighted by molar-refractivity contribution is -0.123.